The molecule has 0 bridgehead atoms. The summed E-state index contributed by atoms with van der Waals surface area (Å²) in [5.74, 6) is 1.03. The predicted octanol–water partition coefficient (Wildman–Crippen LogP) is 3.89. The minimum absolute atomic E-state index is 0.448. The number of methoxy groups -OCH3 is 1. The van der Waals surface area contributed by atoms with E-state index in [1.807, 2.05) is 0 Å². The van der Waals surface area contributed by atoms with Gasteiger partial charge in [0.05, 0.1) is 7.11 Å². The highest BCUT2D eigenvalue weighted by atomic mass is 79.9. The van der Waals surface area contributed by atoms with Crippen LogP contribution in [0.3, 0.4) is 0 Å². The van der Waals surface area contributed by atoms with Crippen LogP contribution in [0.2, 0.25) is 0 Å². The number of benzene rings is 1. The maximum absolute atomic E-state index is 5.60. The summed E-state index contributed by atoms with van der Waals surface area (Å²) < 4.78 is 6.76. The van der Waals surface area contributed by atoms with Gasteiger partial charge in [-0.25, -0.2) is 0 Å². The molecule has 3 heteroatoms. The molecule has 1 aromatic rings. The van der Waals surface area contributed by atoms with E-state index in [1.165, 1.54) is 36.0 Å². The first-order valence-electron chi connectivity index (χ1n) is 6.22. The minimum atomic E-state index is 0.448. The third-order valence-corrected chi connectivity index (χ3v) is 4.76. The average Bonchev–Trinajstić information content (AvgIpc) is 2.36. The predicted molar refractivity (Wildman–Crippen MR) is 74.8 cm³/mol. The highest BCUT2D eigenvalue weighted by molar-refractivity contribution is 9.10. The molecule has 0 amide bonds. The minimum Gasteiger partial charge on any atom is -0.496 e. The van der Waals surface area contributed by atoms with Gasteiger partial charge in [-0.2, -0.15) is 0 Å². The zero-order valence-electron chi connectivity index (χ0n) is 10.8. The topological polar surface area (TPSA) is 21.3 Å². The fourth-order valence-corrected chi connectivity index (χ4v) is 2.92. The van der Waals surface area contributed by atoms with Gasteiger partial charge in [0.25, 0.3) is 0 Å². The molecule has 0 aliphatic carbocycles. The van der Waals surface area contributed by atoms with Crippen LogP contribution in [0.1, 0.15) is 42.0 Å². The van der Waals surface area contributed by atoms with Crippen LogP contribution >= 0.6 is 15.9 Å². The van der Waals surface area contributed by atoms with E-state index >= 15 is 0 Å². The Morgan fingerprint density at radius 1 is 1.35 bits per heavy atom. The van der Waals surface area contributed by atoms with Crippen LogP contribution in [0.25, 0.3) is 0 Å². The largest absolute Gasteiger partial charge is 0.496 e. The van der Waals surface area contributed by atoms with Gasteiger partial charge in [0, 0.05) is 21.6 Å². The number of rotatable bonds is 2. The molecule has 1 heterocycles. The van der Waals surface area contributed by atoms with Gasteiger partial charge in [0.2, 0.25) is 0 Å². The molecular formula is C14H20BrNO. The Balaban J connectivity index is 2.44. The first-order valence-corrected chi connectivity index (χ1v) is 7.01. The molecule has 1 saturated heterocycles. The van der Waals surface area contributed by atoms with E-state index in [9.17, 15) is 0 Å². The zero-order chi connectivity index (χ0) is 12.4. The Morgan fingerprint density at radius 3 is 2.71 bits per heavy atom. The van der Waals surface area contributed by atoms with Gasteiger partial charge >= 0.3 is 0 Å². The van der Waals surface area contributed by atoms with Crippen molar-refractivity contribution >= 4 is 15.9 Å². The molecule has 1 aromatic carbocycles. The summed E-state index contributed by atoms with van der Waals surface area (Å²) in [7, 11) is 1.76. The molecule has 0 saturated carbocycles. The van der Waals surface area contributed by atoms with Gasteiger partial charge in [0.1, 0.15) is 5.75 Å². The van der Waals surface area contributed by atoms with E-state index < -0.39 is 0 Å². The summed E-state index contributed by atoms with van der Waals surface area (Å²) in [4.78, 5) is 0. The van der Waals surface area contributed by atoms with E-state index in [2.05, 4.69) is 41.2 Å². The molecule has 2 nitrogen and oxygen atoms in total. The number of aryl methyl sites for hydroxylation is 1. The third-order valence-electron chi connectivity index (χ3n) is 3.54. The quantitative estimate of drug-likeness (QED) is 0.894. The number of nitrogens with one attached hydrogen (secondary N) is 1. The van der Waals surface area contributed by atoms with E-state index in [0.29, 0.717) is 6.04 Å². The summed E-state index contributed by atoms with van der Waals surface area (Å²) in [6.07, 6.45) is 3.79. The molecule has 2 rings (SSSR count). The fourth-order valence-electron chi connectivity index (χ4n) is 2.62. The van der Waals surface area contributed by atoms with Gasteiger partial charge in [-0.3, -0.25) is 0 Å². The second kappa shape index (κ2) is 5.40. The van der Waals surface area contributed by atoms with Crippen LogP contribution in [0.4, 0.5) is 0 Å². The lowest BCUT2D eigenvalue weighted by atomic mass is 9.93. The highest BCUT2D eigenvalue weighted by Gasteiger charge is 2.21. The molecule has 0 aromatic heterocycles. The number of piperidine rings is 1. The first kappa shape index (κ1) is 12.9. The second-order valence-electron chi connectivity index (χ2n) is 4.76. The highest BCUT2D eigenvalue weighted by Crippen LogP contribution is 2.38. The fraction of sp³-hybridized carbons (Fsp3) is 0.571. The van der Waals surface area contributed by atoms with E-state index in [1.54, 1.807) is 7.11 Å². The van der Waals surface area contributed by atoms with Gasteiger partial charge in [0.15, 0.2) is 0 Å². The molecular weight excluding hydrogens is 278 g/mol. The van der Waals surface area contributed by atoms with Crippen molar-refractivity contribution < 1.29 is 4.74 Å². The van der Waals surface area contributed by atoms with Crippen LogP contribution in [0, 0.1) is 13.8 Å². The summed E-state index contributed by atoms with van der Waals surface area (Å²) in [6, 6.07) is 2.70. The maximum Gasteiger partial charge on any atom is 0.127 e. The Morgan fingerprint density at radius 2 is 2.12 bits per heavy atom. The van der Waals surface area contributed by atoms with Crippen molar-refractivity contribution in [1.82, 2.24) is 5.32 Å². The third kappa shape index (κ3) is 2.50. The van der Waals surface area contributed by atoms with Crippen LogP contribution in [0.5, 0.6) is 5.75 Å². The maximum atomic E-state index is 5.60. The Hall–Kier alpha value is -0.540. The number of halogens is 1. The molecule has 94 valence electrons. The molecule has 1 aliphatic rings. The Kier molecular flexibility index (Phi) is 4.10. The number of hydrogen-bond acceptors (Lipinski definition) is 2. The number of ether oxygens (including phenoxy) is 1. The van der Waals surface area contributed by atoms with E-state index in [4.69, 9.17) is 4.74 Å². The van der Waals surface area contributed by atoms with Crippen LogP contribution in [0.15, 0.2) is 10.5 Å². The van der Waals surface area contributed by atoms with Crippen molar-refractivity contribution in [2.45, 2.75) is 39.2 Å². The van der Waals surface area contributed by atoms with Gasteiger partial charge < -0.3 is 10.1 Å². The van der Waals surface area contributed by atoms with Gasteiger partial charge in [-0.05, 0) is 44.9 Å². The summed E-state index contributed by atoms with van der Waals surface area (Å²) in [5.41, 5.74) is 3.80. The molecule has 1 aliphatic heterocycles. The SMILES string of the molecule is COc1c(C2CCCCN2)cc(C)c(Br)c1C. The van der Waals surface area contributed by atoms with Gasteiger partial charge in [-0.15, -0.1) is 0 Å². The standard InChI is InChI=1S/C14H20BrNO/c1-9-8-11(12-6-4-5-7-16-12)14(17-3)10(2)13(9)15/h8,12,16H,4-7H2,1-3H3. The van der Waals surface area contributed by atoms with Gasteiger partial charge in [-0.1, -0.05) is 22.4 Å². The monoisotopic (exact) mass is 297 g/mol. The van der Waals surface area contributed by atoms with E-state index in [0.717, 1.165) is 16.8 Å². The van der Waals surface area contributed by atoms with Crippen molar-refractivity contribution in [1.29, 1.82) is 0 Å². The first-order chi connectivity index (χ1) is 8.15. The smallest absolute Gasteiger partial charge is 0.127 e. The lowest BCUT2D eigenvalue weighted by Gasteiger charge is -2.27. The Labute approximate surface area is 112 Å². The van der Waals surface area contributed by atoms with Crippen LogP contribution in [-0.4, -0.2) is 13.7 Å². The average molecular weight is 298 g/mol. The molecule has 1 fully saturated rings. The van der Waals surface area contributed by atoms with Crippen molar-refractivity contribution in [2.24, 2.45) is 0 Å². The lowest BCUT2D eigenvalue weighted by molar-refractivity contribution is 0.371. The zero-order valence-corrected chi connectivity index (χ0v) is 12.4. The lowest BCUT2D eigenvalue weighted by Crippen LogP contribution is -2.27. The molecule has 1 N–H and O–H groups in total. The van der Waals surface area contributed by atoms with Crippen LogP contribution < -0.4 is 10.1 Å². The van der Waals surface area contributed by atoms with Crippen molar-refractivity contribution in [3.8, 4) is 5.75 Å². The molecule has 0 radical (unpaired) electrons. The van der Waals surface area contributed by atoms with Crippen molar-refractivity contribution in [2.75, 3.05) is 13.7 Å². The van der Waals surface area contributed by atoms with Crippen molar-refractivity contribution in [3.05, 3.63) is 27.2 Å². The molecule has 17 heavy (non-hydrogen) atoms. The summed E-state index contributed by atoms with van der Waals surface area (Å²) >= 11 is 3.63. The summed E-state index contributed by atoms with van der Waals surface area (Å²) in [6.45, 7) is 5.37. The second-order valence-corrected chi connectivity index (χ2v) is 5.55. The number of hydrogen-bond donors (Lipinski definition) is 1. The molecule has 1 atom stereocenters. The summed E-state index contributed by atoms with van der Waals surface area (Å²) in [5, 5.41) is 3.59. The van der Waals surface area contributed by atoms with E-state index in [-0.39, 0.29) is 0 Å². The molecule has 0 spiro atoms. The Bertz CT molecular complexity index is 411. The van der Waals surface area contributed by atoms with Crippen LogP contribution in [-0.2, 0) is 0 Å². The normalized spacial score (nSPS) is 20.4. The molecule has 1 unspecified atom stereocenters. The van der Waals surface area contributed by atoms with Crippen molar-refractivity contribution in [3.63, 3.8) is 0 Å².